The zero-order valence-corrected chi connectivity index (χ0v) is 14.5. The van der Waals surface area contributed by atoms with Gasteiger partial charge in [0.2, 0.25) is 0 Å². The summed E-state index contributed by atoms with van der Waals surface area (Å²) in [5.74, 6) is 0. The maximum absolute atomic E-state index is 12.5. The maximum atomic E-state index is 12.5. The molecule has 0 aliphatic heterocycles. The van der Waals surface area contributed by atoms with Gasteiger partial charge in [-0.05, 0) is 61.4 Å². The molecule has 0 radical (unpaired) electrons. The van der Waals surface area contributed by atoms with Gasteiger partial charge in [-0.1, -0.05) is 29.8 Å². The van der Waals surface area contributed by atoms with Crippen molar-refractivity contribution in [3.05, 3.63) is 64.8 Å². The Kier molecular flexibility index (Phi) is 4.55. The fourth-order valence-corrected chi connectivity index (χ4v) is 3.17. The van der Waals surface area contributed by atoms with Crippen LogP contribution >= 0.6 is 0 Å². The average molecular weight is 343 g/mol. The van der Waals surface area contributed by atoms with Crippen molar-refractivity contribution in [3.63, 3.8) is 0 Å². The molecule has 0 unspecified atom stereocenters. The summed E-state index contributed by atoms with van der Waals surface area (Å²) >= 11 is 0. The molecule has 2 aromatic carbocycles. The number of halogens is 3. The molecule has 0 N–H and O–H groups in total. The second-order valence-electron chi connectivity index (χ2n) is 6.58. The van der Waals surface area contributed by atoms with Crippen molar-refractivity contribution in [2.45, 2.75) is 39.8 Å². The van der Waals surface area contributed by atoms with Gasteiger partial charge in [-0.3, -0.25) is 4.98 Å². The lowest BCUT2D eigenvalue weighted by Gasteiger charge is -2.13. The highest BCUT2D eigenvalue weighted by atomic mass is 19.4. The van der Waals surface area contributed by atoms with Gasteiger partial charge in [-0.2, -0.15) is 13.2 Å². The third kappa shape index (κ3) is 3.84. The fourth-order valence-electron chi connectivity index (χ4n) is 3.17. The van der Waals surface area contributed by atoms with Gasteiger partial charge in [0.15, 0.2) is 0 Å². The number of pyridine rings is 1. The number of alkyl halides is 3. The van der Waals surface area contributed by atoms with Crippen molar-refractivity contribution in [2.24, 2.45) is 0 Å². The van der Waals surface area contributed by atoms with E-state index in [2.05, 4.69) is 37.9 Å². The molecule has 0 amide bonds. The molecule has 0 spiro atoms. The largest absolute Gasteiger partial charge is 0.389 e. The minimum Gasteiger partial charge on any atom is -0.256 e. The Labute approximate surface area is 145 Å². The van der Waals surface area contributed by atoms with Gasteiger partial charge < -0.3 is 0 Å². The molecule has 0 atom stereocenters. The van der Waals surface area contributed by atoms with E-state index < -0.39 is 12.6 Å². The second kappa shape index (κ2) is 6.51. The van der Waals surface area contributed by atoms with Crippen LogP contribution in [0, 0.1) is 20.8 Å². The minimum absolute atomic E-state index is 0.000320. The first-order chi connectivity index (χ1) is 11.7. The van der Waals surface area contributed by atoms with Crippen LogP contribution in [0.25, 0.3) is 22.0 Å². The van der Waals surface area contributed by atoms with E-state index in [1.165, 1.54) is 16.7 Å². The van der Waals surface area contributed by atoms with Gasteiger partial charge in [0.25, 0.3) is 0 Å². The third-order valence-corrected chi connectivity index (χ3v) is 4.59. The molecule has 25 heavy (non-hydrogen) atoms. The van der Waals surface area contributed by atoms with Gasteiger partial charge in [-0.15, -0.1) is 0 Å². The molecule has 0 fully saturated rings. The van der Waals surface area contributed by atoms with Crippen molar-refractivity contribution >= 4 is 10.8 Å². The molecule has 1 aromatic heterocycles. The topological polar surface area (TPSA) is 12.9 Å². The number of benzene rings is 2. The lowest BCUT2D eigenvalue weighted by Crippen LogP contribution is -2.08. The van der Waals surface area contributed by atoms with Gasteiger partial charge in [-0.25, -0.2) is 0 Å². The van der Waals surface area contributed by atoms with Gasteiger partial charge >= 0.3 is 6.18 Å². The summed E-state index contributed by atoms with van der Waals surface area (Å²) < 4.78 is 37.4. The van der Waals surface area contributed by atoms with E-state index in [1.807, 2.05) is 18.2 Å². The SMILES string of the molecule is Cc1cc(C)c(C)c(-c2nccc3cc(CCC(F)(F)F)ccc23)c1. The fraction of sp³-hybridized carbons (Fsp3) is 0.286. The summed E-state index contributed by atoms with van der Waals surface area (Å²) in [6, 6.07) is 11.6. The lowest BCUT2D eigenvalue weighted by atomic mass is 9.94. The summed E-state index contributed by atoms with van der Waals surface area (Å²) in [5.41, 5.74) is 6.19. The van der Waals surface area contributed by atoms with E-state index in [0.29, 0.717) is 5.56 Å². The zero-order valence-electron chi connectivity index (χ0n) is 14.5. The van der Waals surface area contributed by atoms with Crippen molar-refractivity contribution in [2.75, 3.05) is 0 Å². The van der Waals surface area contributed by atoms with Crippen LogP contribution in [0.15, 0.2) is 42.6 Å². The summed E-state index contributed by atoms with van der Waals surface area (Å²) in [5, 5.41) is 1.88. The Morgan fingerprint density at radius 1 is 0.960 bits per heavy atom. The lowest BCUT2D eigenvalue weighted by molar-refractivity contribution is -0.133. The monoisotopic (exact) mass is 343 g/mol. The van der Waals surface area contributed by atoms with Crippen molar-refractivity contribution in [1.29, 1.82) is 0 Å². The summed E-state index contributed by atoms with van der Waals surface area (Å²) in [7, 11) is 0. The third-order valence-electron chi connectivity index (χ3n) is 4.59. The molecule has 4 heteroatoms. The van der Waals surface area contributed by atoms with E-state index in [4.69, 9.17) is 0 Å². The van der Waals surface area contributed by atoms with Crippen LogP contribution in [0.1, 0.15) is 28.7 Å². The Morgan fingerprint density at radius 2 is 1.72 bits per heavy atom. The minimum atomic E-state index is -4.13. The normalized spacial score (nSPS) is 11.9. The molecule has 1 heterocycles. The van der Waals surface area contributed by atoms with Gasteiger partial charge in [0.1, 0.15) is 0 Å². The maximum Gasteiger partial charge on any atom is 0.389 e. The molecule has 3 aromatic rings. The summed E-state index contributed by atoms with van der Waals surface area (Å²) in [6.07, 6.45) is -3.21. The van der Waals surface area contributed by atoms with E-state index in [9.17, 15) is 13.2 Å². The highest BCUT2D eigenvalue weighted by molar-refractivity contribution is 5.95. The number of hydrogen-bond acceptors (Lipinski definition) is 1. The molecule has 1 nitrogen and oxygen atoms in total. The Morgan fingerprint density at radius 3 is 2.44 bits per heavy atom. The van der Waals surface area contributed by atoms with Crippen LogP contribution in [0.5, 0.6) is 0 Å². The van der Waals surface area contributed by atoms with E-state index in [0.717, 1.165) is 22.0 Å². The summed E-state index contributed by atoms with van der Waals surface area (Å²) in [4.78, 5) is 4.56. The molecule has 0 saturated carbocycles. The number of fused-ring (bicyclic) bond motifs is 1. The number of rotatable bonds is 3. The van der Waals surface area contributed by atoms with Crippen LogP contribution in [0.2, 0.25) is 0 Å². The zero-order chi connectivity index (χ0) is 18.2. The van der Waals surface area contributed by atoms with E-state index >= 15 is 0 Å². The Balaban J connectivity index is 2.07. The molecule has 0 bridgehead atoms. The number of hydrogen-bond donors (Lipinski definition) is 0. The number of aromatic nitrogens is 1. The highest BCUT2D eigenvalue weighted by Crippen LogP contribution is 2.32. The van der Waals surface area contributed by atoms with E-state index in [-0.39, 0.29) is 6.42 Å². The van der Waals surface area contributed by atoms with Crippen molar-refractivity contribution in [1.82, 2.24) is 4.98 Å². The second-order valence-corrected chi connectivity index (χ2v) is 6.58. The number of nitrogens with zero attached hydrogens (tertiary/aromatic N) is 1. The van der Waals surface area contributed by atoms with Crippen molar-refractivity contribution in [3.8, 4) is 11.3 Å². The average Bonchev–Trinajstić information content (AvgIpc) is 2.55. The molecule has 3 rings (SSSR count). The molecular formula is C21H20F3N. The smallest absolute Gasteiger partial charge is 0.256 e. The highest BCUT2D eigenvalue weighted by Gasteiger charge is 2.26. The van der Waals surface area contributed by atoms with Crippen LogP contribution in [-0.2, 0) is 6.42 Å². The van der Waals surface area contributed by atoms with Crippen molar-refractivity contribution < 1.29 is 13.2 Å². The predicted octanol–water partition coefficient (Wildman–Crippen LogP) is 6.32. The van der Waals surface area contributed by atoms with Crippen LogP contribution in [0.4, 0.5) is 13.2 Å². The first-order valence-corrected chi connectivity index (χ1v) is 8.27. The Hall–Kier alpha value is -2.36. The summed E-state index contributed by atoms with van der Waals surface area (Å²) in [6.45, 7) is 6.20. The molecule has 0 aliphatic rings. The van der Waals surface area contributed by atoms with Crippen LogP contribution in [-0.4, -0.2) is 11.2 Å². The standard InChI is InChI=1S/C21H20F3N/c1-13-10-14(2)15(3)19(11-13)20-18-5-4-16(6-8-21(22,23)24)12-17(18)7-9-25-20/h4-5,7,9-12H,6,8H2,1-3H3. The Bertz CT molecular complexity index is 926. The van der Waals surface area contributed by atoms with Gasteiger partial charge in [0.05, 0.1) is 5.69 Å². The molecule has 0 saturated heterocycles. The van der Waals surface area contributed by atoms with Crippen LogP contribution < -0.4 is 0 Å². The van der Waals surface area contributed by atoms with Crippen LogP contribution in [0.3, 0.4) is 0 Å². The van der Waals surface area contributed by atoms with E-state index in [1.54, 1.807) is 12.3 Å². The molecule has 130 valence electrons. The first-order valence-electron chi connectivity index (χ1n) is 8.27. The number of aryl methyl sites for hydroxylation is 3. The van der Waals surface area contributed by atoms with Gasteiger partial charge in [0, 0.05) is 23.6 Å². The quantitative estimate of drug-likeness (QED) is 0.542. The predicted molar refractivity (Wildman–Crippen MR) is 95.8 cm³/mol. The first kappa shape index (κ1) is 17.5. The molecule has 0 aliphatic carbocycles. The molecular weight excluding hydrogens is 323 g/mol.